The molecule has 0 saturated carbocycles. The van der Waals surface area contributed by atoms with Crippen LogP contribution in [0.4, 0.5) is 11.5 Å². The maximum Gasteiger partial charge on any atom is 0.288 e. The number of pyridine rings is 1. The van der Waals surface area contributed by atoms with Crippen molar-refractivity contribution in [3.63, 3.8) is 0 Å². The predicted molar refractivity (Wildman–Crippen MR) is 50.1 cm³/mol. The highest BCUT2D eigenvalue weighted by Gasteiger charge is 2.11. The van der Waals surface area contributed by atoms with Gasteiger partial charge < -0.3 is 5.32 Å². The quantitative estimate of drug-likeness (QED) is 0.545. The van der Waals surface area contributed by atoms with Gasteiger partial charge in [-0.3, -0.25) is 15.2 Å². The van der Waals surface area contributed by atoms with Gasteiger partial charge in [-0.05, 0) is 0 Å². The van der Waals surface area contributed by atoms with E-state index in [2.05, 4.69) is 20.5 Å². The molecule has 2 N–H and O–H groups in total. The van der Waals surface area contributed by atoms with Crippen LogP contribution in [0.1, 0.15) is 0 Å². The Hall–Kier alpha value is -2.18. The summed E-state index contributed by atoms with van der Waals surface area (Å²) in [5, 5.41) is 20.5. The minimum Gasteiger partial charge on any atom is -0.371 e. The third-order valence-electron chi connectivity index (χ3n) is 1.85. The highest BCUT2D eigenvalue weighted by molar-refractivity contribution is 5.88. The van der Waals surface area contributed by atoms with E-state index >= 15 is 0 Å². The summed E-state index contributed by atoms with van der Waals surface area (Å²) < 4.78 is 0. The van der Waals surface area contributed by atoms with E-state index in [0.717, 1.165) is 0 Å². The van der Waals surface area contributed by atoms with Crippen LogP contribution in [-0.4, -0.2) is 27.2 Å². The zero-order chi connectivity index (χ0) is 10.1. The summed E-state index contributed by atoms with van der Waals surface area (Å²) in [6, 6.07) is 1.43. The molecule has 0 aliphatic heterocycles. The summed E-state index contributed by atoms with van der Waals surface area (Å²) in [4.78, 5) is 13.9. The van der Waals surface area contributed by atoms with Gasteiger partial charge in [0.1, 0.15) is 6.20 Å². The van der Waals surface area contributed by atoms with Gasteiger partial charge in [0.2, 0.25) is 0 Å². The van der Waals surface area contributed by atoms with Gasteiger partial charge in [-0.15, -0.1) is 0 Å². The fourth-order valence-corrected chi connectivity index (χ4v) is 1.18. The van der Waals surface area contributed by atoms with Crippen molar-refractivity contribution in [1.29, 1.82) is 0 Å². The summed E-state index contributed by atoms with van der Waals surface area (Å²) in [6.07, 6.45) is 1.19. The van der Waals surface area contributed by atoms with E-state index in [4.69, 9.17) is 0 Å². The SMILES string of the molecule is CNc1n[nH]c2ncc([N+](=O)[O-])cc12. The first-order valence-corrected chi connectivity index (χ1v) is 3.88. The smallest absolute Gasteiger partial charge is 0.288 e. The molecular formula is C7H7N5O2. The van der Waals surface area contributed by atoms with Gasteiger partial charge in [0, 0.05) is 13.1 Å². The second kappa shape index (κ2) is 2.95. The van der Waals surface area contributed by atoms with Gasteiger partial charge in [-0.1, -0.05) is 0 Å². The van der Waals surface area contributed by atoms with Gasteiger partial charge in [-0.25, -0.2) is 4.98 Å². The van der Waals surface area contributed by atoms with E-state index in [1.54, 1.807) is 7.05 Å². The summed E-state index contributed by atoms with van der Waals surface area (Å²) in [7, 11) is 1.69. The van der Waals surface area contributed by atoms with E-state index in [1.807, 2.05) is 0 Å². The van der Waals surface area contributed by atoms with Crippen molar-refractivity contribution >= 4 is 22.5 Å². The van der Waals surface area contributed by atoms with Crippen molar-refractivity contribution in [1.82, 2.24) is 15.2 Å². The topological polar surface area (TPSA) is 96.7 Å². The minimum absolute atomic E-state index is 0.0459. The maximum atomic E-state index is 10.5. The molecule has 0 radical (unpaired) electrons. The molecule has 0 amide bonds. The predicted octanol–water partition coefficient (Wildman–Crippen LogP) is 0.908. The molecule has 2 rings (SSSR count). The summed E-state index contributed by atoms with van der Waals surface area (Å²) in [6.45, 7) is 0. The molecule has 2 aromatic heterocycles. The Morgan fingerprint density at radius 3 is 3.07 bits per heavy atom. The van der Waals surface area contributed by atoms with Crippen LogP contribution in [0.25, 0.3) is 11.0 Å². The monoisotopic (exact) mass is 193 g/mol. The third kappa shape index (κ3) is 1.15. The number of hydrogen-bond donors (Lipinski definition) is 2. The van der Waals surface area contributed by atoms with Crippen LogP contribution in [-0.2, 0) is 0 Å². The van der Waals surface area contributed by atoms with Gasteiger partial charge >= 0.3 is 0 Å². The number of aromatic amines is 1. The summed E-state index contributed by atoms with van der Waals surface area (Å²) >= 11 is 0. The lowest BCUT2D eigenvalue weighted by molar-refractivity contribution is -0.385. The van der Waals surface area contributed by atoms with Crippen LogP contribution in [0.5, 0.6) is 0 Å². The number of H-pyrrole nitrogens is 1. The molecule has 0 unspecified atom stereocenters. The number of hydrogen-bond acceptors (Lipinski definition) is 5. The minimum atomic E-state index is -0.487. The Kier molecular flexibility index (Phi) is 1.77. The summed E-state index contributed by atoms with van der Waals surface area (Å²) in [5.74, 6) is 0.552. The Bertz CT molecular complexity index is 492. The lowest BCUT2D eigenvalue weighted by Crippen LogP contribution is -1.90. The van der Waals surface area contributed by atoms with E-state index in [-0.39, 0.29) is 5.69 Å². The number of anilines is 1. The molecule has 0 aromatic carbocycles. The molecule has 7 nitrogen and oxygen atoms in total. The van der Waals surface area contributed by atoms with E-state index in [9.17, 15) is 10.1 Å². The molecule has 0 bridgehead atoms. The van der Waals surface area contributed by atoms with Crippen LogP contribution in [0, 0.1) is 10.1 Å². The fourth-order valence-electron chi connectivity index (χ4n) is 1.18. The van der Waals surface area contributed by atoms with E-state index < -0.39 is 4.92 Å². The molecule has 7 heteroatoms. The Labute approximate surface area is 78.3 Å². The van der Waals surface area contributed by atoms with Crippen molar-refractivity contribution < 1.29 is 4.92 Å². The zero-order valence-corrected chi connectivity index (χ0v) is 7.31. The summed E-state index contributed by atoms with van der Waals surface area (Å²) in [5.41, 5.74) is 0.482. The van der Waals surface area contributed by atoms with Crippen LogP contribution >= 0.6 is 0 Å². The molecule has 2 heterocycles. The van der Waals surface area contributed by atoms with E-state index in [1.165, 1.54) is 12.3 Å². The molecule has 14 heavy (non-hydrogen) atoms. The van der Waals surface area contributed by atoms with Crippen LogP contribution in [0.3, 0.4) is 0 Å². The average Bonchev–Trinajstić information content (AvgIpc) is 2.59. The second-order valence-corrected chi connectivity index (χ2v) is 2.67. The molecule has 0 aliphatic rings. The molecule has 0 fully saturated rings. The van der Waals surface area contributed by atoms with Crippen molar-refractivity contribution in [2.24, 2.45) is 0 Å². The Morgan fingerprint density at radius 1 is 1.64 bits per heavy atom. The number of nitrogens with one attached hydrogen (secondary N) is 2. The molecule has 0 aliphatic carbocycles. The fraction of sp³-hybridized carbons (Fsp3) is 0.143. The largest absolute Gasteiger partial charge is 0.371 e. The third-order valence-corrected chi connectivity index (χ3v) is 1.85. The molecule has 72 valence electrons. The highest BCUT2D eigenvalue weighted by atomic mass is 16.6. The first-order chi connectivity index (χ1) is 6.72. The zero-order valence-electron chi connectivity index (χ0n) is 7.31. The highest BCUT2D eigenvalue weighted by Crippen LogP contribution is 2.22. The van der Waals surface area contributed by atoms with Gasteiger partial charge in [0.15, 0.2) is 11.5 Å². The Balaban J connectivity index is 2.67. The normalized spacial score (nSPS) is 10.4. The number of fused-ring (bicyclic) bond motifs is 1. The number of nitro groups is 1. The van der Waals surface area contributed by atoms with Crippen molar-refractivity contribution in [3.8, 4) is 0 Å². The number of aromatic nitrogens is 3. The van der Waals surface area contributed by atoms with Crippen LogP contribution < -0.4 is 5.32 Å². The first kappa shape index (κ1) is 8.42. The average molecular weight is 193 g/mol. The molecule has 0 spiro atoms. The van der Waals surface area contributed by atoms with Crippen LogP contribution in [0.15, 0.2) is 12.3 Å². The number of nitrogens with zero attached hydrogens (tertiary/aromatic N) is 3. The van der Waals surface area contributed by atoms with Gasteiger partial charge in [0.05, 0.1) is 10.3 Å². The molecule has 2 aromatic rings. The standard InChI is InChI=1S/C7H7N5O2/c1-8-6-5-2-4(12(13)14)3-9-7(5)11-10-6/h2-3H,1H3,(H2,8,9,10,11). The van der Waals surface area contributed by atoms with Gasteiger partial charge in [0.25, 0.3) is 5.69 Å². The number of rotatable bonds is 2. The molecule has 0 atom stereocenters. The second-order valence-electron chi connectivity index (χ2n) is 2.67. The lowest BCUT2D eigenvalue weighted by atomic mass is 10.3. The Morgan fingerprint density at radius 2 is 2.43 bits per heavy atom. The maximum absolute atomic E-state index is 10.5. The van der Waals surface area contributed by atoms with Gasteiger partial charge in [-0.2, -0.15) is 5.10 Å². The molecule has 0 saturated heterocycles. The van der Waals surface area contributed by atoms with Crippen LogP contribution in [0.2, 0.25) is 0 Å². The van der Waals surface area contributed by atoms with Crippen molar-refractivity contribution in [3.05, 3.63) is 22.4 Å². The van der Waals surface area contributed by atoms with Crippen molar-refractivity contribution in [2.75, 3.05) is 12.4 Å². The lowest BCUT2D eigenvalue weighted by Gasteiger charge is -1.93. The van der Waals surface area contributed by atoms with Crippen molar-refractivity contribution in [2.45, 2.75) is 0 Å². The van der Waals surface area contributed by atoms with E-state index in [0.29, 0.717) is 16.9 Å². The molecular weight excluding hydrogens is 186 g/mol. The first-order valence-electron chi connectivity index (χ1n) is 3.88.